The molecule has 0 saturated carbocycles. The van der Waals surface area contributed by atoms with Crippen LogP contribution in [0.15, 0.2) is 54.6 Å². The fourth-order valence-corrected chi connectivity index (χ4v) is 4.35. The molecule has 0 radical (unpaired) electrons. The van der Waals surface area contributed by atoms with Crippen molar-refractivity contribution in [1.29, 1.82) is 0 Å². The lowest BCUT2D eigenvalue weighted by atomic mass is 10.1. The molecule has 0 heterocycles. The molecule has 1 N–H and O–H groups in total. The fraction of sp³-hybridized carbons (Fsp3) is 0.440. The maximum absolute atomic E-state index is 13.6. The Bertz CT molecular complexity index is 1040. The third kappa shape index (κ3) is 7.48. The van der Waals surface area contributed by atoms with Crippen molar-refractivity contribution in [3.05, 3.63) is 60.2 Å². The molecule has 0 spiro atoms. The van der Waals surface area contributed by atoms with Crippen molar-refractivity contribution >= 4 is 27.5 Å². The summed E-state index contributed by atoms with van der Waals surface area (Å²) in [6.45, 7) is 5.45. The normalized spacial score (nSPS) is 13.0. The van der Waals surface area contributed by atoms with Crippen LogP contribution < -0.4 is 14.4 Å². The summed E-state index contributed by atoms with van der Waals surface area (Å²) in [5.41, 5.74) is 1.19. The SMILES string of the molecule is CC[C@@H](C)NC(=O)[C@@H](CC)N(Cc1ccc(OC)cc1)C(=O)CN(c1ccccc1)S(C)(=O)=O. The Labute approximate surface area is 202 Å². The van der Waals surface area contributed by atoms with Gasteiger partial charge in [0.2, 0.25) is 21.8 Å². The minimum absolute atomic E-state index is 0.0451. The van der Waals surface area contributed by atoms with Gasteiger partial charge in [0.1, 0.15) is 18.3 Å². The van der Waals surface area contributed by atoms with Crippen molar-refractivity contribution in [2.24, 2.45) is 0 Å². The van der Waals surface area contributed by atoms with Crippen LogP contribution >= 0.6 is 0 Å². The van der Waals surface area contributed by atoms with Crippen molar-refractivity contribution in [1.82, 2.24) is 10.2 Å². The topological polar surface area (TPSA) is 96.0 Å². The van der Waals surface area contributed by atoms with Gasteiger partial charge in [0.15, 0.2) is 0 Å². The van der Waals surface area contributed by atoms with E-state index in [4.69, 9.17) is 4.74 Å². The summed E-state index contributed by atoms with van der Waals surface area (Å²) in [7, 11) is -2.17. The highest BCUT2D eigenvalue weighted by atomic mass is 32.2. The number of benzene rings is 2. The summed E-state index contributed by atoms with van der Waals surface area (Å²) >= 11 is 0. The summed E-state index contributed by atoms with van der Waals surface area (Å²) in [4.78, 5) is 28.1. The minimum atomic E-state index is -3.74. The van der Waals surface area contributed by atoms with Gasteiger partial charge < -0.3 is 15.0 Å². The van der Waals surface area contributed by atoms with Crippen LogP contribution in [0, 0.1) is 0 Å². The number of hydrogen-bond donors (Lipinski definition) is 1. The van der Waals surface area contributed by atoms with E-state index in [2.05, 4.69) is 5.32 Å². The van der Waals surface area contributed by atoms with Crippen molar-refractivity contribution in [2.45, 2.75) is 52.2 Å². The van der Waals surface area contributed by atoms with Gasteiger partial charge in [0, 0.05) is 12.6 Å². The predicted molar refractivity (Wildman–Crippen MR) is 134 cm³/mol. The van der Waals surface area contributed by atoms with Gasteiger partial charge >= 0.3 is 0 Å². The van der Waals surface area contributed by atoms with E-state index >= 15 is 0 Å². The van der Waals surface area contributed by atoms with E-state index in [0.29, 0.717) is 17.9 Å². The van der Waals surface area contributed by atoms with Crippen molar-refractivity contribution in [3.63, 3.8) is 0 Å². The molecule has 34 heavy (non-hydrogen) atoms. The molecule has 0 aliphatic carbocycles. The number of sulfonamides is 1. The number of carbonyl (C=O) groups excluding carboxylic acids is 2. The van der Waals surface area contributed by atoms with Crippen LogP contribution in [0.4, 0.5) is 5.69 Å². The van der Waals surface area contributed by atoms with Crippen LogP contribution in [-0.2, 0) is 26.2 Å². The van der Waals surface area contributed by atoms with E-state index in [1.54, 1.807) is 49.6 Å². The third-order valence-corrected chi connectivity index (χ3v) is 6.76. The molecule has 2 aromatic carbocycles. The van der Waals surface area contributed by atoms with Crippen LogP contribution in [0.3, 0.4) is 0 Å². The summed E-state index contributed by atoms with van der Waals surface area (Å²) in [6, 6.07) is 14.9. The maximum Gasteiger partial charge on any atom is 0.244 e. The summed E-state index contributed by atoms with van der Waals surface area (Å²) in [5.74, 6) is -0.0453. The zero-order valence-electron chi connectivity index (χ0n) is 20.5. The lowest BCUT2D eigenvalue weighted by Gasteiger charge is -2.33. The number of carbonyl (C=O) groups is 2. The molecule has 0 unspecified atom stereocenters. The van der Waals surface area contributed by atoms with Gasteiger partial charge in [-0.15, -0.1) is 0 Å². The van der Waals surface area contributed by atoms with E-state index in [1.807, 2.05) is 32.9 Å². The van der Waals surface area contributed by atoms with Crippen LogP contribution in [0.2, 0.25) is 0 Å². The number of hydrogen-bond acceptors (Lipinski definition) is 5. The lowest BCUT2D eigenvalue weighted by Crippen LogP contribution is -2.53. The number of rotatable bonds is 12. The van der Waals surface area contributed by atoms with Crippen molar-refractivity contribution < 1.29 is 22.7 Å². The smallest absolute Gasteiger partial charge is 0.244 e. The quantitative estimate of drug-likeness (QED) is 0.494. The average molecular weight is 490 g/mol. The van der Waals surface area contributed by atoms with E-state index in [-0.39, 0.29) is 18.5 Å². The Morgan fingerprint density at radius 1 is 1.00 bits per heavy atom. The van der Waals surface area contributed by atoms with Crippen LogP contribution in [0.5, 0.6) is 5.75 Å². The Balaban J connectivity index is 2.40. The first-order valence-electron chi connectivity index (χ1n) is 11.4. The van der Waals surface area contributed by atoms with Gasteiger partial charge in [0.25, 0.3) is 0 Å². The molecular formula is C25H35N3O5S. The summed E-state index contributed by atoms with van der Waals surface area (Å²) in [5, 5.41) is 2.95. The van der Waals surface area contributed by atoms with E-state index in [0.717, 1.165) is 22.5 Å². The molecule has 0 bridgehead atoms. The first-order valence-corrected chi connectivity index (χ1v) is 13.2. The molecule has 0 aliphatic rings. The predicted octanol–water partition coefficient (Wildman–Crippen LogP) is 3.18. The Hall–Kier alpha value is -3.07. The van der Waals surface area contributed by atoms with E-state index in [9.17, 15) is 18.0 Å². The standard InChI is InChI=1S/C25H35N3O5S/c1-6-19(3)26-25(30)23(7-2)27(17-20-13-15-22(33-4)16-14-20)24(29)18-28(34(5,31)32)21-11-9-8-10-12-21/h8-16,19,23H,6-7,17-18H2,1-5H3,(H,26,30)/t19-,23-/m1/s1. The monoisotopic (exact) mass is 489 g/mol. The van der Waals surface area contributed by atoms with Crippen LogP contribution in [0.1, 0.15) is 39.2 Å². The molecule has 186 valence electrons. The number of methoxy groups -OCH3 is 1. The molecule has 0 aromatic heterocycles. The second-order valence-electron chi connectivity index (χ2n) is 8.22. The molecule has 0 saturated heterocycles. The molecule has 0 aliphatic heterocycles. The van der Waals surface area contributed by atoms with Gasteiger partial charge in [-0.2, -0.15) is 0 Å². The highest BCUT2D eigenvalue weighted by Crippen LogP contribution is 2.20. The first kappa shape index (κ1) is 27.2. The minimum Gasteiger partial charge on any atom is -0.497 e. The molecule has 9 heteroatoms. The van der Waals surface area contributed by atoms with Crippen LogP contribution in [-0.4, -0.2) is 57.1 Å². The second-order valence-corrected chi connectivity index (χ2v) is 10.1. The maximum atomic E-state index is 13.6. The number of nitrogens with one attached hydrogen (secondary N) is 1. The number of ether oxygens (including phenoxy) is 1. The molecule has 0 fully saturated rings. The molecule has 2 atom stereocenters. The van der Waals surface area contributed by atoms with Crippen molar-refractivity contribution in [3.8, 4) is 5.75 Å². The zero-order valence-corrected chi connectivity index (χ0v) is 21.3. The fourth-order valence-electron chi connectivity index (χ4n) is 3.50. The number of nitrogens with zero attached hydrogens (tertiary/aromatic N) is 2. The highest BCUT2D eigenvalue weighted by Gasteiger charge is 2.32. The molecule has 2 rings (SSSR count). The number of para-hydroxylation sites is 1. The number of anilines is 1. The second kappa shape index (κ2) is 12.4. The lowest BCUT2D eigenvalue weighted by molar-refractivity contribution is -0.140. The van der Waals surface area contributed by atoms with Gasteiger partial charge in [-0.3, -0.25) is 13.9 Å². The third-order valence-electron chi connectivity index (χ3n) is 5.62. The van der Waals surface area contributed by atoms with Crippen LogP contribution in [0.25, 0.3) is 0 Å². The molecule has 2 amide bonds. The van der Waals surface area contributed by atoms with Crippen molar-refractivity contribution in [2.75, 3.05) is 24.2 Å². The van der Waals surface area contributed by atoms with Gasteiger partial charge in [-0.25, -0.2) is 8.42 Å². The first-order chi connectivity index (χ1) is 16.1. The highest BCUT2D eigenvalue weighted by molar-refractivity contribution is 7.92. The summed E-state index contributed by atoms with van der Waals surface area (Å²) in [6.07, 6.45) is 2.20. The molecule has 2 aromatic rings. The molecule has 8 nitrogen and oxygen atoms in total. The largest absolute Gasteiger partial charge is 0.497 e. The Kier molecular flexibility index (Phi) is 9.92. The van der Waals surface area contributed by atoms with E-state index in [1.165, 1.54) is 4.90 Å². The Morgan fingerprint density at radius 2 is 1.62 bits per heavy atom. The average Bonchev–Trinajstić information content (AvgIpc) is 2.82. The zero-order chi connectivity index (χ0) is 25.3. The summed E-state index contributed by atoms with van der Waals surface area (Å²) < 4.78 is 31.3. The molecular weight excluding hydrogens is 454 g/mol. The van der Waals surface area contributed by atoms with Gasteiger partial charge in [0.05, 0.1) is 19.1 Å². The van der Waals surface area contributed by atoms with Gasteiger partial charge in [-0.1, -0.05) is 44.2 Å². The van der Waals surface area contributed by atoms with Gasteiger partial charge in [-0.05, 0) is 49.6 Å². The van der Waals surface area contributed by atoms with E-state index < -0.39 is 28.5 Å². The number of amides is 2. The Morgan fingerprint density at radius 3 is 2.12 bits per heavy atom.